The molecule has 2 aromatic heterocycles. The monoisotopic (exact) mass is 544 g/mol. The third-order valence-corrected chi connectivity index (χ3v) is 10.1. The van der Waals surface area contributed by atoms with E-state index in [1.165, 1.54) is 12.3 Å². The van der Waals surface area contributed by atoms with Crippen LogP contribution < -0.4 is 4.90 Å². The van der Waals surface area contributed by atoms with Gasteiger partial charge in [0.25, 0.3) is 0 Å². The van der Waals surface area contributed by atoms with Crippen LogP contribution in [0.3, 0.4) is 0 Å². The van der Waals surface area contributed by atoms with Crippen molar-refractivity contribution in [2.75, 3.05) is 18.0 Å². The van der Waals surface area contributed by atoms with Gasteiger partial charge < -0.3 is 4.90 Å². The van der Waals surface area contributed by atoms with Crippen LogP contribution in [0.1, 0.15) is 55.2 Å². The van der Waals surface area contributed by atoms with Crippen LogP contribution in [0, 0.1) is 16.6 Å². The molecule has 2 aliphatic heterocycles. The molecule has 0 amide bonds. The van der Waals surface area contributed by atoms with Gasteiger partial charge in [-0.05, 0) is 68.0 Å². The van der Waals surface area contributed by atoms with Gasteiger partial charge in [-0.15, -0.1) is 10.2 Å². The number of rotatable bonds is 3. The van der Waals surface area contributed by atoms with Crippen LogP contribution >= 0.6 is 11.6 Å². The van der Waals surface area contributed by atoms with E-state index in [4.69, 9.17) is 11.6 Å². The molecule has 11 heteroatoms. The summed E-state index contributed by atoms with van der Waals surface area (Å²) in [6.45, 7) is 2.77. The maximum atomic E-state index is 13.6. The Bertz CT molecular complexity index is 1430. The summed E-state index contributed by atoms with van der Waals surface area (Å²) in [4.78, 5) is 8.55. The number of aromatic nitrogens is 4. The van der Waals surface area contributed by atoms with Gasteiger partial charge >= 0.3 is 6.18 Å². The molecule has 0 unspecified atom stereocenters. The zero-order chi connectivity index (χ0) is 26.1. The van der Waals surface area contributed by atoms with Crippen LogP contribution in [0.2, 0.25) is 5.02 Å². The van der Waals surface area contributed by atoms with E-state index in [-0.39, 0.29) is 36.4 Å². The highest BCUT2D eigenvalue weighted by molar-refractivity contribution is 6.30. The first-order valence-electron chi connectivity index (χ1n) is 13.0. The fraction of sp³-hybridized carbons (Fsp3) is 0.519. The van der Waals surface area contributed by atoms with Crippen LogP contribution in [0.5, 0.6) is 0 Å². The number of fused-ring (bicyclic) bond motifs is 3. The molecular weight excluding hydrogens is 520 g/mol. The highest BCUT2D eigenvalue weighted by atomic mass is 35.5. The zero-order valence-electron chi connectivity index (χ0n) is 20.5. The predicted molar refractivity (Wildman–Crippen MR) is 132 cm³/mol. The summed E-state index contributed by atoms with van der Waals surface area (Å²) in [7, 11) is 0. The Morgan fingerprint density at radius 3 is 2.42 bits per heavy atom. The highest BCUT2D eigenvalue weighted by Crippen LogP contribution is 2.75. The number of nitrogens with zero attached hydrogens (tertiary/aromatic N) is 6. The van der Waals surface area contributed by atoms with E-state index in [2.05, 4.69) is 29.5 Å². The highest BCUT2D eigenvalue weighted by Gasteiger charge is 2.80. The summed E-state index contributed by atoms with van der Waals surface area (Å²) in [6.07, 6.45) is -0.459. The summed E-state index contributed by atoms with van der Waals surface area (Å²) < 4.78 is 56.0. The van der Waals surface area contributed by atoms with Crippen LogP contribution in [-0.4, -0.2) is 49.5 Å². The lowest BCUT2D eigenvalue weighted by Crippen LogP contribution is -2.78. The topological polar surface area (TPSA) is 50.1 Å². The van der Waals surface area contributed by atoms with Gasteiger partial charge in [0.15, 0.2) is 5.82 Å². The average Bonchev–Trinajstić information content (AvgIpc) is 3.06. The van der Waals surface area contributed by atoms with Crippen LogP contribution in [0.4, 0.5) is 23.4 Å². The van der Waals surface area contributed by atoms with Gasteiger partial charge in [-0.1, -0.05) is 11.6 Å². The third kappa shape index (κ3) is 3.07. The number of alkyl halides is 3. The first-order chi connectivity index (χ1) is 18.1. The van der Waals surface area contributed by atoms with E-state index in [0.717, 1.165) is 54.6 Å². The molecule has 0 radical (unpaired) electrons. The Morgan fingerprint density at radius 2 is 1.74 bits per heavy atom. The van der Waals surface area contributed by atoms with Gasteiger partial charge in [0.2, 0.25) is 0 Å². The Hall–Kier alpha value is -2.72. The molecule has 5 fully saturated rings. The van der Waals surface area contributed by atoms with E-state index in [0.29, 0.717) is 18.1 Å². The van der Waals surface area contributed by atoms with E-state index in [1.807, 2.05) is 18.2 Å². The Labute approximate surface area is 221 Å². The summed E-state index contributed by atoms with van der Waals surface area (Å²) in [6, 6.07) is 8.91. The number of benzene rings is 1. The molecular formula is C27H25ClF4N6. The number of anilines is 1. The lowest BCUT2D eigenvalue weighted by Gasteiger charge is -2.73. The third-order valence-electron chi connectivity index (χ3n) is 9.82. The molecule has 3 aromatic rings. The minimum Gasteiger partial charge on any atom is -0.355 e. The fourth-order valence-electron chi connectivity index (χ4n) is 7.90. The second-order valence-electron chi connectivity index (χ2n) is 12.3. The smallest absolute Gasteiger partial charge is 0.355 e. The van der Waals surface area contributed by atoms with Crippen molar-refractivity contribution in [1.29, 1.82) is 0 Å². The van der Waals surface area contributed by atoms with E-state index < -0.39 is 17.1 Å². The molecule has 1 spiro atoms. The second kappa shape index (κ2) is 7.27. The fourth-order valence-corrected chi connectivity index (χ4v) is 8.10. The maximum Gasteiger partial charge on any atom is 0.394 e. The summed E-state index contributed by atoms with van der Waals surface area (Å²) >= 11 is 6.37. The van der Waals surface area contributed by atoms with Crippen LogP contribution in [0.25, 0.3) is 5.69 Å². The van der Waals surface area contributed by atoms with Crippen molar-refractivity contribution in [3.63, 3.8) is 0 Å². The number of hydrogen-bond acceptors (Lipinski definition) is 5. The molecule has 4 aliphatic carbocycles. The number of pyridine rings is 1. The van der Waals surface area contributed by atoms with Crippen molar-refractivity contribution >= 4 is 17.4 Å². The zero-order valence-corrected chi connectivity index (χ0v) is 21.2. The Morgan fingerprint density at radius 1 is 0.974 bits per heavy atom. The first kappa shape index (κ1) is 23.2. The van der Waals surface area contributed by atoms with Gasteiger partial charge in [-0.2, -0.15) is 13.2 Å². The largest absolute Gasteiger partial charge is 0.394 e. The van der Waals surface area contributed by atoms with Crippen LogP contribution in [-0.2, 0) is 13.1 Å². The van der Waals surface area contributed by atoms with Crippen molar-refractivity contribution in [2.24, 2.45) is 10.8 Å². The van der Waals surface area contributed by atoms with Gasteiger partial charge in [-0.3, -0.25) is 9.47 Å². The normalized spacial score (nSPS) is 29.4. The van der Waals surface area contributed by atoms with Crippen molar-refractivity contribution < 1.29 is 17.6 Å². The van der Waals surface area contributed by atoms with Gasteiger partial charge in [0.05, 0.1) is 23.8 Å². The first-order valence-corrected chi connectivity index (χ1v) is 13.4. The molecule has 0 atom stereocenters. The van der Waals surface area contributed by atoms with Gasteiger partial charge in [0, 0.05) is 41.5 Å². The summed E-state index contributed by atoms with van der Waals surface area (Å²) in [5.74, 6) is 2.40. The van der Waals surface area contributed by atoms with Crippen molar-refractivity contribution in [1.82, 2.24) is 24.6 Å². The predicted octanol–water partition coefficient (Wildman–Crippen LogP) is 5.64. The Balaban J connectivity index is 1.05. The van der Waals surface area contributed by atoms with E-state index in [1.54, 1.807) is 6.07 Å². The average molecular weight is 545 g/mol. The Kier molecular flexibility index (Phi) is 4.44. The number of halogens is 5. The lowest BCUT2D eigenvalue weighted by atomic mass is 9.38. The van der Waals surface area contributed by atoms with Crippen molar-refractivity contribution in [3.05, 3.63) is 64.6 Å². The summed E-state index contributed by atoms with van der Waals surface area (Å²) in [5, 5.41) is 9.80. The SMILES string of the molecule is Fc1ccc(N2CC3(CC(c4nnc5n4-c4ccc(Cl)cc4CN(C46CC(C(F)(F)F)(C4)C6)C5)C3)C2)nc1. The molecule has 2 bridgehead atoms. The molecule has 6 aliphatic rings. The lowest BCUT2D eigenvalue weighted by molar-refractivity contribution is -0.364. The summed E-state index contributed by atoms with van der Waals surface area (Å²) in [5.41, 5.74) is 0.228. The molecule has 6 nitrogen and oxygen atoms in total. The number of hydrogen-bond donors (Lipinski definition) is 0. The van der Waals surface area contributed by atoms with E-state index in [9.17, 15) is 17.6 Å². The molecule has 38 heavy (non-hydrogen) atoms. The molecule has 4 saturated carbocycles. The van der Waals surface area contributed by atoms with Crippen molar-refractivity contribution in [2.45, 2.75) is 62.8 Å². The standard InChI is InChI=1S/C27H25ClF4N6/c28-18-1-3-20-16(5-18)9-37(26-11-25(12-26,13-26)27(30,31)32)10-22-34-35-23(38(20)22)17-6-24(7-17)14-36(15-24)21-4-2-19(29)8-33-21/h1-5,8,17H,6-7,9-15H2. The second-order valence-corrected chi connectivity index (χ2v) is 12.7. The van der Waals surface area contributed by atoms with Gasteiger partial charge in [0.1, 0.15) is 17.5 Å². The maximum absolute atomic E-state index is 13.6. The molecule has 1 saturated heterocycles. The quantitative estimate of drug-likeness (QED) is 0.400. The minimum atomic E-state index is -4.14. The molecule has 0 N–H and O–H groups in total. The van der Waals surface area contributed by atoms with Crippen LogP contribution in [0.15, 0.2) is 36.5 Å². The molecule has 4 heterocycles. The molecule has 198 valence electrons. The molecule has 1 aromatic carbocycles. The van der Waals surface area contributed by atoms with E-state index >= 15 is 0 Å². The minimum absolute atomic E-state index is 0.158. The molecule has 9 rings (SSSR count). The van der Waals surface area contributed by atoms with Crippen molar-refractivity contribution in [3.8, 4) is 5.69 Å². The van der Waals surface area contributed by atoms with Gasteiger partial charge in [-0.25, -0.2) is 9.37 Å².